The molecule has 0 spiro atoms. The molecule has 2 heterocycles. The van der Waals surface area contributed by atoms with E-state index in [4.69, 9.17) is 16.0 Å². The lowest BCUT2D eigenvalue weighted by atomic mass is 10.2. The van der Waals surface area contributed by atoms with Crippen LogP contribution in [0.2, 0.25) is 5.02 Å². The number of hydrogen-bond donors (Lipinski definition) is 0. The van der Waals surface area contributed by atoms with E-state index in [0.717, 1.165) is 5.56 Å². The molecule has 0 aliphatic carbocycles. The Bertz CT molecular complexity index is 775. The third kappa shape index (κ3) is 2.65. The molecule has 0 saturated heterocycles. The molecule has 0 bridgehead atoms. The Balaban J connectivity index is 1.86. The molecule has 4 nitrogen and oxygen atoms in total. The fraction of sp³-hybridized carbons (Fsp3) is 0.0667. The van der Waals surface area contributed by atoms with Crippen LogP contribution in [0.3, 0.4) is 0 Å². The zero-order valence-corrected chi connectivity index (χ0v) is 11.2. The Morgan fingerprint density at radius 1 is 1.15 bits per heavy atom. The van der Waals surface area contributed by atoms with Crippen molar-refractivity contribution < 1.29 is 4.42 Å². The van der Waals surface area contributed by atoms with Gasteiger partial charge in [0.15, 0.2) is 5.76 Å². The van der Waals surface area contributed by atoms with Gasteiger partial charge in [0.25, 0.3) is 5.56 Å². The molecule has 5 heteroatoms. The molecule has 1 aromatic carbocycles. The molecule has 100 valence electrons. The van der Waals surface area contributed by atoms with Crippen molar-refractivity contribution in [3.05, 3.63) is 76.1 Å². The first-order valence-electron chi connectivity index (χ1n) is 6.08. The smallest absolute Gasteiger partial charge is 0.250 e. The maximum Gasteiger partial charge on any atom is 0.250 e. The number of halogens is 1. The number of oxazole rings is 1. The highest BCUT2D eigenvalue weighted by atomic mass is 35.5. The molecule has 0 fully saturated rings. The van der Waals surface area contributed by atoms with Gasteiger partial charge in [-0.3, -0.25) is 4.79 Å². The fourth-order valence-electron chi connectivity index (χ4n) is 1.87. The first-order chi connectivity index (χ1) is 9.72. The number of nitrogens with zero attached hydrogens (tertiary/aromatic N) is 2. The molecule has 2 aromatic heterocycles. The molecule has 0 aliphatic rings. The van der Waals surface area contributed by atoms with Gasteiger partial charge in [-0.2, -0.15) is 0 Å². The van der Waals surface area contributed by atoms with Gasteiger partial charge in [0.2, 0.25) is 5.89 Å². The number of aromatic nitrogens is 2. The van der Waals surface area contributed by atoms with Gasteiger partial charge < -0.3 is 8.98 Å². The third-order valence-electron chi connectivity index (χ3n) is 2.89. The average Bonchev–Trinajstić information content (AvgIpc) is 2.91. The zero-order valence-electron chi connectivity index (χ0n) is 10.5. The van der Waals surface area contributed by atoms with Gasteiger partial charge in [-0.15, -0.1) is 0 Å². The summed E-state index contributed by atoms with van der Waals surface area (Å²) in [6.07, 6.45) is 3.35. The lowest BCUT2D eigenvalue weighted by Gasteiger charge is -2.00. The van der Waals surface area contributed by atoms with E-state index < -0.39 is 0 Å². The van der Waals surface area contributed by atoms with Crippen LogP contribution in [0.25, 0.3) is 11.3 Å². The maximum atomic E-state index is 11.6. The van der Waals surface area contributed by atoms with Crippen molar-refractivity contribution >= 4 is 11.6 Å². The van der Waals surface area contributed by atoms with Crippen LogP contribution in [0.1, 0.15) is 5.89 Å². The molecule has 0 amide bonds. The molecule has 3 aromatic rings. The lowest BCUT2D eigenvalue weighted by Crippen LogP contribution is -2.18. The zero-order chi connectivity index (χ0) is 13.9. The quantitative estimate of drug-likeness (QED) is 0.743. The van der Waals surface area contributed by atoms with E-state index in [1.807, 2.05) is 12.1 Å². The summed E-state index contributed by atoms with van der Waals surface area (Å²) in [6.45, 7) is 0.313. The van der Waals surface area contributed by atoms with Crippen molar-refractivity contribution in [2.45, 2.75) is 6.54 Å². The molecule has 0 radical (unpaired) electrons. The van der Waals surface area contributed by atoms with Gasteiger partial charge in [-0.05, 0) is 30.3 Å². The van der Waals surface area contributed by atoms with E-state index in [9.17, 15) is 4.79 Å². The maximum absolute atomic E-state index is 11.6. The standard InChI is InChI=1S/C15H11ClN2O2/c16-12-6-4-11(5-7-12)13-9-17-14(20-13)10-18-8-2-1-3-15(18)19/h1-9H,10H2. The Morgan fingerprint density at radius 3 is 2.70 bits per heavy atom. The van der Waals surface area contributed by atoms with Crippen LogP contribution in [0, 0.1) is 0 Å². The summed E-state index contributed by atoms with van der Waals surface area (Å²) in [5.74, 6) is 1.14. The van der Waals surface area contributed by atoms with Crippen molar-refractivity contribution in [1.82, 2.24) is 9.55 Å². The van der Waals surface area contributed by atoms with Gasteiger partial charge >= 0.3 is 0 Å². The van der Waals surface area contributed by atoms with Crippen molar-refractivity contribution in [3.63, 3.8) is 0 Å². The van der Waals surface area contributed by atoms with Gasteiger partial charge in [-0.25, -0.2) is 4.98 Å². The Hall–Kier alpha value is -2.33. The van der Waals surface area contributed by atoms with E-state index in [0.29, 0.717) is 23.2 Å². The van der Waals surface area contributed by atoms with E-state index in [1.54, 1.807) is 36.7 Å². The molecule has 0 saturated carbocycles. The molecule has 0 aliphatic heterocycles. The van der Waals surface area contributed by atoms with Gasteiger partial charge in [0, 0.05) is 22.8 Å². The summed E-state index contributed by atoms with van der Waals surface area (Å²) in [4.78, 5) is 15.8. The SMILES string of the molecule is O=c1ccccn1Cc1ncc(-c2ccc(Cl)cc2)o1. The monoisotopic (exact) mass is 286 g/mol. The molecule has 3 rings (SSSR count). The van der Waals surface area contributed by atoms with Crippen LogP contribution in [-0.2, 0) is 6.54 Å². The highest BCUT2D eigenvalue weighted by molar-refractivity contribution is 6.30. The minimum Gasteiger partial charge on any atom is -0.439 e. The van der Waals surface area contributed by atoms with Crippen molar-refractivity contribution in [2.24, 2.45) is 0 Å². The molecule has 20 heavy (non-hydrogen) atoms. The summed E-state index contributed by atoms with van der Waals surface area (Å²) in [6, 6.07) is 12.3. The first kappa shape index (κ1) is 12.7. The van der Waals surface area contributed by atoms with Crippen LogP contribution in [0.15, 0.2) is 64.1 Å². The molecule has 0 atom stereocenters. The Kier molecular flexibility index (Phi) is 3.39. The second-order valence-corrected chi connectivity index (χ2v) is 4.73. The summed E-state index contributed by atoms with van der Waals surface area (Å²) >= 11 is 5.84. The van der Waals surface area contributed by atoms with Gasteiger partial charge in [-0.1, -0.05) is 17.7 Å². The van der Waals surface area contributed by atoms with E-state index in [1.165, 1.54) is 10.6 Å². The third-order valence-corrected chi connectivity index (χ3v) is 3.14. The second-order valence-electron chi connectivity index (χ2n) is 4.29. The van der Waals surface area contributed by atoms with Crippen LogP contribution < -0.4 is 5.56 Å². The summed E-state index contributed by atoms with van der Waals surface area (Å²) < 4.78 is 7.19. The Labute approximate surface area is 120 Å². The van der Waals surface area contributed by atoms with Crippen molar-refractivity contribution in [2.75, 3.05) is 0 Å². The summed E-state index contributed by atoms with van der Waals surface area (Å²) in [7, 11) is 0. The molecule has 0 unspecified atom stereocenters. The van der Waals surface area contributed by atoms with Gasteiger partial charge in [0.05, 0.1) is 6.20 Å². The fourth-order valence-corrected chi connectivity index (χ4v) is 1.99. The summed E-state index contributed by atoms with van der Waals surface area (Å²) in [5.41, 5.74) is 0.812. The molecular weight excluding hydrogens is 276 g/mol. The minimum absolute atomic E-state index is 0.0845. The Morgan fingerprint density at radius 2 is 1.95 bits per heavy atom. The van der Waals surface area contributed by atoms with Crippen LogP contribution in [0.5, 0.6) is 0 Å². The highest BCUT2D eigenvalue weighted by Gasteiger charge is 2.07. The minimum atomic E-state index is -0.0845. The normalized spacial score (nSPS) is 10.7. The first-order valence-corrected chi connectivity index (χ1v) is 6.46. The van der Waals surface area contributed by atoms with Gasteiger partial charge in [0.1, 0.15) is 6.54 Å². The lowest BCUT2D eigenvalue weighted by molar-refractivity contribution is 0.485. The van der Waals surface area contributed by atoms with E-state index in [-0.39, 0.29) is 5.56 Å². The average molecular weight is 287 g/mol. The highest BCUT2D eigenvalue weighted by Crippen LogP contribution is 2.22. The predicted octanol–water partition coefficient (Wildman–Crippen LogP) is 3.21. The molecular formula is C15H11ClN2O2. The largest absolute Gasteiger partial charge is 0.439 e. The van der Waals surface area contributed by atoms with E-state index >= 15 is 0 Å². The van der Waals surface area contributed by atoms with Crippen molar-refractivity contribution in [1.29, 1.82) is 0 Å². The van der Waals surface area contributed by atoms with Crippen LogP contribution >= 0.6 is 11.6 Å². The van der Waals surface area contributed by atoms with Crippen molar-refractivity contribution in [3.8, 4) is 11.3 Å². The number of hydrogen-bond acceptors (Lipinski definition) is 3. The number of benzene rings is 1. The predicted molar refractivity (Wildman–Crippen MR) is 76.8 cm³/mol. The van der Waals surface area contributed by atoms with E-state index in [2.05, 4.69) is 4.98 Å². The molecule has 0 N–H and O–H groups in total. The van der Waals surface area contributed by atoms with Crippen LogP contribution in [0.4, 0.5) is 0 Å². The number of rotatable bonds is 3. The topological polar surface area (TPSA) is 48.0 Å². The second kappa shape index (κ2) is 5.35. The summed E-state index contributed by atoms with van der Waals surface area (Å²) in [5, 5.41) is 0.671. The van der Waals surface area contributed by atoms with Crippen LogP contribution in [-0.4, -0.2) is 9.55 Å². The number of pyridine rings is 1.